The van der Waals surface area contributed by atoms with E-state index in [0.29, 0.717) is 11.3 Å². The summed E-state index contributed by atoms with van der Waals surface area (Å²) >= 11 is 0. The van der Waals surface area contributed by atoms with Gasteiger partial charge in [-0.15, -0.1) is 0 Å². The number of fused-ring (bicyclic) bond motifs is 1. The molecule has 0 radical (unpaired) electrons. The van der Waals surface area contributed by atoms with Gasteiger partial charge >= 0.3 is 0 Å². The van der Waals surface area contributed by atoms with Gasteiger partial charge in [0.15, 0.2) is 5.78 Å². The number of hydrogen-bond donors (Lipinski definition) is 1. The van der Waals surface area contributed by atoms with Crippen LogP contribution in [0.1, 0.15) is 28.9 Å². The molecule has 4 nitrogen and oxygen atoms in total. The molecule has 1 amide bonds. The van der Waals surface area contributed by atoms with Crippen molar-refractivity contribution in [3.63, 3.8) is 0 Å². The molecule has 1 aliphatic heterocycles. The van der Waals surface area contributed by atoms with Crippen molar-refractivity contribution >= 4 is 17.4 Å². The predicted molar refractivity (Wildman–Crippen MR) is 74.8 cm³/mol. The number of ketones is 1. The van der Waals surface area contributed by atoms with E-state index in [9.17, 15) is 14.7 Å². The third-order valence-electron chi connectivity index (χ3n) is 3.47. The maximum absolute atomic E-state index is 12.6. The SMILES string of the molecule is CC(=O)N1c2ccc(O)cc2C(=O)C1c1ccccc1. The van der Waals surface area contributed by atoms with Crippen molar-refractivity contribution in [2.45, 2.75) is 13.0 Å². The minimum atomic E-state index is -0.648. The number of nitrogens with zero attached hydrogens (tertiary/aromatic N) is 1. The Labute approximate surface area is 116 Å². The molecule has 100 valence electrons. The molecule has 1 atom stereocenters. The molecule has 20 heavy (non-hydrogen) atoms. The van der Waals surface area contributed by atoms with Crippen LogP contribution in [0.25, 0.3) is 0 Å². The Bertz CT molecular complexity index is 694. The first kappa shape index (κ1) is 12.4. The van der Waals surface area contributed by atoms with E-state index in [1.165, 1.54) is 24.0 Å². The smallest absolute Gasteiger partial charge is 0.224 e. The molecule has 0 saturated heterocycles. The summed E-state index contributed by atoms with van der Waals surface area (Å²) in [6.45, 7) is 1.44. The van der Waals surface area contributed by atoms with Crippen LogP contribution in [0, 0.1) is 0 Å². The minimum Gasteiger partial charge on any atom is -0.508 e. The van der Waals surface area contributed by atoms with Gasteiger partial charge < -0.3 is 5.11 Å². The number of benzene rings is 2. The Morgan fingerprint density at radius 1 is 1.15 bits per heavy atom. The van der Waals surface area contributed by atoms with Crippen LogP contribution in [0.3, 0.4) is 0 Å². The van der Waals surface area contributed by atoms with Gasteiger partial charge in [-0.2, -0.15) is 0 Å². The first-order valence-electron chi connectivity index (χ1n) is 6.31. The van der Waals surface area contributed by atoms with E-state index in [-0.39, 0.29) is 17.4 Å². The van der Waals surface area contributed by atoms with Crippen LogP contribution in [0.5, 0.6) is 5.75 Å². The van der Waals surface area contributed by atoms with Gasteiger partial charge in [0.05, 0.1) is 5.69 Å². The Kier molecular flexibility index (Phi) is 2.79. The average Bonchev–Trinajstić information content (AvgIpc) is 2.73. The zero-order valence-corrected chi connectivity index (χ0v) is 10.9. The molecule has 1 N–H and O–H groups in total. The van der Waals surface area contributed by atoms with Crippen molar-refractivity contribution in [1.29, 1.82) is 0 Å². The highest BCUT2D eigenvalue weighted by Crippen LogP contribution is 2.41. The van der Waals surface area contributed by atoms with Crippen molar-refractivity contribution in [3.8, 4) is 5.75 Å². The number of anilines is 1. The number of amides is 1. The van der Waals surface area contributed by atoms with E-state index < -0.39 is 6.04 Å². The molecule has 0 fully saturated rings. The van der Waals surface area contributed by atoms with Gasteiger partial charge in [0.25, 0.3) is 0 Å². The number of hydrogen-bond acceptors (Lipinski definition) is 3. The summed E-state index contributed by atoms with van der Waals surface area (Å²) in [5, 5.41) is 9.54. The molecule has 3 rings (SSSR count). The van der Waals surface area contributed by atoms with Gasteiger partial charge in [-0.25, -0.2) is 0 Å². The largest absolute Gasteiger partial charge is 0.508 e. The van der Waals surface area contributed by atoms with E-state index in [2.05, 4.69) is 0 Å². The quantitative estimate of drug-likeness (QED) is 0.864. The highest BCUT2D eigenvalue weighted by molar-refractivity contribution is 6.17. The molecular formula is C16H13NO3. The summed E-state index contributed by atoms with van der Waals surface area (Å²) < 4.78 is 0. The standard InChI is InChI=1S/C16H13NO3/c1-10(18)17-14-8-7-12(19)9-13(14)16(20)15(17)11-5-3-2-4-6-11/h2-9,15,19H,1H3. The second kappa shape index (κ2) is 4.49. The van der Waals surface area contributed by atoms with E-state index in [1.807, 2.05) is 30.3 Å². The maximum Gasteiger partial charge on any atom is 0.224 e. The topological polar surface area (TPSA) is 57.6 Å². The molecule has 0 spiro atoms. The highest BCUT2D eigenvalue weighted by atomic mass is 16.3. The van der Waals surface area contributed by atoms with Crippen LogP contribution in [-0.2, 0) is 4.79 Å². The lowest BCUT2D eigenvalue weighted by Gasteiger charge is -2.23. The summed E-state index contributed by atoms with van der Waals surface area (Å²) in [4.78, 5) is 26.0. The zero-order valence-electron chi connectivity index (χ0n) is 10.9. The molecule has 0 aromatic heterocycles. The first-order valence-corrected chi connectivity index (χ1v) is 6.31. The number of phenols is 1. The number of Topliss-reactive ketones (excluding diaryl/α,β-unsaturated/α-hetero) is 1. The molecule has 0 bridgehead atoms. The third kappa shape index (κ3) is 1.77. The third-order valence-corrected chi connectivity index (χ3v) is 3.47. The average molecular weight is 267 g/mol. The molecule has 0 aliphatic carbocycles. The monoisotopic (exact) mass is 267 g/mol. The van der Waals surface area contributed by atoms with Gasteiger partial charge in [0.1, 0.15) is 11.8 Å². The lowest BCUT2D eigenvalue weighted by Crippen LogP contribution is -2.31. The summed E-state index contributed by atoms with van der Waals surface area (Å²) in [6.07, 6.45) is 0. The van der Waals surface area contributed by atoms with E-state index in [0.717, 1.165) is 5.56 Å². The van der Waals surface area contributed by atoms with Crippen molar-refractivity contribution in [1.82, 2.24) is 0 Å². The van der Waals surface area contributed by atoms with Gasteiger partial charge in [-0.3, -0.25) is 14.5 Å². The van der Waals surface area contributed by atoms with Crippen LogP contribution >= 0.6 is 0 Å². The van der Waals surface area contributed by atoms with Gasteiger partial charge in [-0.05, 0) is 23.8 Å². The van der Waals surface area contributed by atoms with Crippen LogP contribution in [-0.4, -0.2) is 16.8 Å². The first-order chi connectivity index (χ1) is 9.59. The summed E-state index contributed by atoms with van der Waals surface area (Å²) in [7, 11) is 0. The van der Waals surface area contributed by atoms with Crippen molar-refractivity contribution in [3.05, 3.63) is 59.7 Å². The lowest BCUT2D eigenvalue weighted by atomic mass is 10.0. The van der Waals surface area contributed by atoms with E-state index in [4.69, 9.17) is 0 Å². The maximum atomic E-state index is 12.6. The fourth-order valence-corrected chi connectivity index (χ4v) is 2.62. The van der Waals surface area contributed by atoms with E-state index in [1.54, 1.807) is 6.07 Å². The molecular weight excluding hydrogens is 254 g/mol. The lowest BCUT2D eigenvalue weighted by molar-refractivity contribution is -0.116. The number of phenolic OH excluding ortho intramolecular Hbond substituents is 1. The molecule has 1 aliphatic rings. The summed E-state index contributed by atoms with van der Waals surface area (Å²) in [6, 6.07) is 13.0. The minimum absolute atomic E-state index is 0.0225. The Hall–Kier alpha value is -2.62. The van der Waals surface area contributed by atoms with Crippen LogP contribution in [0.4, 0.5) is 5.69 Å². The Balaban J connectivity index is 2.18. The van der Waals surface area contributed by atoms with Gasteiger partial charge in [0, 0.05) is 12.5 Å². The van der Waals surface area contributed by atoms with Crippen molar-refractivity contribution < 1.29 is 14.7 Å². The molecule has 4 heteroatoms. The van der Waals surface area contributed by atoms with Crippen LogP contribution in [0.2, 0.25) is 0 Å². The molecule has 1 heterocycles. The van der Waals surface area contributed by atoms with Gasteiger partial charge in [0.2, 0.25) is 5.91 Å². The van der Waals surface area contributed by atoms with Crippen molar-refractivity contribution in [2.75, 3.05) is 4.90 Å². The molecule has 2 aromatic rings. The van der Waals surface area contributed by atoms with Crippen LogP contribution in [0.15, 0.2) is 48.5 Å². The Morgan fingerprint density at radius 2 is 1.85 bits per heavy atom. The van der Waals surface area contributed by atoms with Crippen molar-refractivity contribution in [2.24, 2.45) is 0 Å². The number of rotatable bonds is 1. The fraction of sp³-hybridized carbons (Fsp3) is 0.125. The highest BCUT2D eigenvalue weighted by Gasteiger charge is 2.40. The number of carbonyl (C=O) groups excluding carboxylic acids is 2. The summed E-state index contributed by atoms with van der Waals surface area (Å²) in [5.41, 5.74) is 1.70. The molecule has 2 aromatic carbocycles. The second-order valence-corrected chi connectivity index (χ2v) is 4.77. The predicted octanol–water partition coefficient (Wildman–Crippen LogP) is 2.68. The second-order valence-electron chi connectivity index (χ2n) is 4.77. The Morgan fingerprint density at radius 3 is 2.50 bits per heavy atom. The number of aromatic hydroxyl groups is 1. The van der Waals surface area contributed by atoms with Gasteiger partial charge in [-0.1, -0.05) is 30.3 Å². The van der Waals surface area contributed by atoms with Crippen LogP contribution < -0.4 is 4.90 Å². The molecule has 1 unspecified atom stereocenters. The zero-order chi connectivity index (χ0) is 14.3. The normalized spacial score (nSPS) is 17.1. The number of carbonyl (C=O) groups is 2. The fourth-order valence-electron chi connectivity index (χ4n) is 2.62. The van der Waals surface area contributed by atoms with E-state index >= 15 is 0 Å². The summed E-state index contributed by atoms with van der Waals surface area (Å²) in [5.74, 6) is -0.344. The molecule has 0 saturated carbocycles.